The molecular weight excluding hydrogens is 458 g/mol. The van der Waals surface area contributed by atoms with Gasteiger partial charge < -0.3 is 9.84 Å². The van der Waals surface area contributed by atoms with Gasteiger partial charge in [0.25, 0.3) is 11.1 Å². The van der Waals surface area contributed by atoms with Gasteiger partial charge in [-0.15, -0.1) is 0 Å². The number of carbonyl (C=O) groups excluding carboxylic acids is 2. The summed E-state index contributed by atoms with van der Waals surface area (Å²) in [6, 6.07) is 29.0. The van der Waals surface area contributed by atoms with Crippen molar-refractivity contribution < 1.29 is 19.4 Å². The first kappa shape index (κ1) is 22.7. The number of rotatable bonds is 7. The molecule has 2 amide bonds. The van der Waals surface area contributed by atoms with E-state index in [1.54, 1.807) is 12.1 Å². The summed E-state index contributed by atoms with van der Waals surface area (Å²) in [6.07, 6.45) is 2.29. The van der Waals surface area contributed by atoms with Crippen molar-refractivity contribution in [3.05, 3.63) is 113 Å². The van der Waals surface area contributed by atoms with Crippen molar-refractivity contribution in [1.82, 2.24) is 4.90 Å². The molecule has 1 N–H and O–H groups in total. The van der Waals surface area contributed by atoms with Gasteiger partial charge in [0.1, 0.15) is 18.1 Å². The lowest BCUT2D eigenvalue weighted by Crippen LogP contribution is -2.32. The smallest absolute Gasteiger partial charge is 0.293 e. The summed E-state index contributed by atoms with van der Waals surface area (Å²) in [4.78, 5) is 27.0. The van der Waals surface area contributed by atoms with Crippen LogP contribution in [0, 0.1) is 0 Å². The number of phenolic OH excluding ortho intramolecular Hbond substituents is 1. The molecule has 0 unspecified atom stereocenters. The lowest BCUT2D eigenvalue weighted by atomic mass is 10.0. The second-order valence-electron chi connectivity index (χ2n) is 8.21. The van der Waals surface area contributed by atoms with Crippen LogP contribution < -0.4 is 4.74 Å². The average Bonchev–Trinajstić information content (AvgIpc) is 3.14. The maximum absolute atomic E-state index is 12.9. The molecule has 1 heterocycles. The number of fused-ring (bicyclic) bond motifs is 1. The second-order valence-corrected chi connectivity index (χ2v) is 9.21. The molecule has 4 aromatic carbocycles. The Morgan fingerprint density at radius 1 is 0.857 bits per heavy atom. The standard InChI is InChI=1S/C29H23NO4S/c31-25-14-13-21(17-20-7-2-1-3-8-20)18-23(25)19-27-28(32)30(29(33)35-27)15-16-34-26-12-6-10-22-9-4-5-11-24(22)26/h1-14,18-19,31H,15-17H2/b27-19-. The van der Waals surface area contributed by atoms with Gasteiger partial charge in [-0.3, -0.25) is 14.5 Å². The minimum absolute atomic E-state index is 0.0629. The van der Waals surface area contributed by atoms with Crippen LogP contribution in [-0.4, -0.2) is 34.3 Å². The topological polar surface area (TPSA) is 66.8 Å². The van der Waals surface area contributed by atoms with Crippen molar-refractivity contribution in [2.75, 3.05) is 13.2 Å². The van der Waals surface area contributed by atoms with Gasteiger partial charge in [0.15, 0.2) is 0 Å². The van der Waals surface area contributed by atoms with E-state index in [0.29, 0.717) is 17.7 Å². The zero-order valence-electron chi connectivity index (χ0n) is 18.9. The van der Waals surface area contributed by atoms with Crippen LogP contribution in [0.3, 0.4) is 0 Å². The molecule has 1 fully saturated rings. The summed E-state index contributed by atoms with van der Waals surface area (Å²) in [7, 11) is 0. The monoisotopic (exact) mass is 481 g/mol. The Morgan fingerprint density at radius 3 is 2.49 bits per heavy atom. The van der Waals surface area contributed by atoms with E-state index in [4.69, 9.17) is 4.74 Å². The van der Waals surface area contributed by atoms with Crippen molar-refractivity contribution in [2.45, 2.75) is 6.42 Å². The number of imide groups is 1. The number of benzene rings is 4. The summed E-state index contributed by atoms with van der Waals surface area (Å²) in [5.41, 5.74) is 2.66. The third-order valence-electron chi connectivity index (χ3n) is 5.83. The molecule has 35 heavy (non-hydrogen) atoms. The highest BCUT2D eigenvalue weighted by Gasteiger charge is 2.35. The normalized spacial score (nSPS) is 14.7. The molecule has 1 saturated heterocycles. The molecule has 0 bridgehead atoms. The van der Waals surface area contributed by atoms with Crippen LogP contribution >= 0.6 is 11.8 Å². The molecule has 4 aromatic rings. The summed E-state index contributed by atoms with van der Waals surface area (Å²) < 4.78 is 5.91. The molecule has 1 aliphatic heterocycles. The molecule has 5 rings (SSSR count). The van der Waals surface area contributed by atoms with E-state index in [0.717, 1.165) is 33.7 Å². The van der Waals surface area contributed by atoms with Gasteiger partial charge in [0.05, 0.1) is 11.4 Å². The van der Waals surface area contributed by atoms with E-state index in [1.165, 1.54) is 4.90 Å². The Balaban J connectivity index is 1.28. The molecule has 5 nitrogen and oxygen atoms in total. The number of hydrogen-bond acceptors (Lipinski definition) is 5. The molecule has 0 aromatic heterocycles. The van der Waals surface area contributed by atoms with Gasteiger partial charge >= 0.3 is 0 Å². The highest BCUT2D eigenvalue weighted by molar-refractivity contribution is 8.18. The average molecular weight is 482 g/mol. The number of aromatic hydroxyl groups is 1. The predicted octanol–water partition coefficient (Wildman–Crippen LogP) is 6.25. The summed E-state index contributed by atoms with van der Waals surface area (Å²) >= 11 is 0.876. The quantitative estimate of drug-likeness (QED) is 0.316. The number of nitrogens with zero attached hydrogens (tertiary/aromatic N) is 1. The van der Waals surface area contributed by atoms with Crippen molar-refractivity contribution >= 4 is 39.8 Å². The number of carbonyl (C=O) groups is 2. The molecule has 6 heteroatoms. The first-order valence-electron chi connectivity index (χ1n) is 11.3. The van der Waals surface area contributed by atoms with Gasteiger partial charge in [0.2, 0.25) is 0 Å². The number of thioether (sulfide) groups is 1. The van der Waals surface area contributed by atoms with Gasteiger partial charge in [-0.25, -0.2) is 0 Å². The van der Waals surface area contributed by atoms with Crippen LogP contribution in [0.25, 0.3) is 16.8 Å². The first-order valence-corrected chi connectivity index (χ1v) is 12.1. The lowest BCUT2D eigenvalue weighted by molar-refractivity contribution is -0.123. The minimum Gasteiger partial charge on any atom is -0.507 e. The maximum Gasteiger partial charge on any atom is 0.293 e. The van der Waals surface area contributed by atoms with Crippen LogP contribution in [0.1, 0.15) is 16.7 Å². The van der Waals surface area contributed by atoms with Crippen LogP contribution in [0.2, 0.25) is 0 Å². The molecular formula is C29H23NO4S. The number of ether oxygens (including phenoxy) is 1. The lowest BCUT2D eigenvalue weighted by Gasteiger charge is -2.14. The summed E-state index contributed by atoms with van der Waals surface area (Å²) in [5.74, 6) is 0.396. The fourth-order valence-electron chi connectivity index (χ4n) is 4.06. The van der Waals surface area contributed by atoms with Gasteiger partial charge in [0, 0.05) is 10.9 Å². The number of amides is 2. The Morgan fingerprint density at radius 2 is 1.63 bits per heavy atom. The Bertz CT molecular complexity index is 1430. The molecule has 0 radical (unpaired) electrons. The molecule has 1 aliphatic rings. The molecule has 0 spiro atoms. The Labute approximate surface area is 207 Å². The first-order chi connectivity index (χ1) is 17.1. The number of hydrogen-bond donors (Lipinski definition) is 1. The molecule has 0 aliphatic carbocycles. The molecule has 0 atom stereocenters. The van der Waals surface area contributed by atoms with E-state index >= 15 is 0 Å². The predicted molar refractivity (Wildman–Crippen MR) is 139 cm³/mol. The van der Waals surface area contributed by atoms with E-state index in [2.05, 4.69) is 0 Å². The number of phenols is 1. The Hall–Kier alpha value is -4.03. The largest absolute Gasteiger partial charge is 0.507 e. The summed E-state index contributed by atoms with van der Waals surface area (Å²) in [6.45, 7) is 0.336. The SMILES string of the molecule is O=C1S/C(=C\c2cc(Cc3ccccc3)ccc2O)C(=O)N1CCOc1cccc2ccccc12. The van der Waals surface area contributed by atoms with E-state index in [1.807, 2.05) is 84.9 Å². The second kappa shape index (κ2) is 10.1. The Kier molecular flexibility index (Phi) is 6.55. The third kappa shape index (κ3) is 5.08. The third-order valence-corrected chi connectivity index (χ3v) is 6.73. The van der Waals surface area contributed by atoms with E-state index in [-0.39, 0.29) is 35.0 Å². The van der Waals surface area contributed by atoms with Crippen LogP contribution in [0.5, 0.6) is 11.5 Å². The van der Waals surface area contributed by atoms with Gasteiger partial charge in [-0.2, -0.15) is 0 Å². The maximum atomic E-state index is 12.9. The zero-order valence-corrected chi connectivity index (χ0v) is 19.7. The van der Waals surface area contributed by atoms with Crippen LogP contribution in [-0.2, 0) is 11.2 Å². The zero-order chi connectivity index (χ0) is 24.2. The minimum atomic E-state index is -0.380. The highest BCUT2D eigenvalue weighted by Crippen LogP contribution is 2.34. The van der Waals surface area contributed by atoms with Crippen molar-refractivity contribution in [3.8, 4) is 11.5 Å². The fourth-order valence-corrected chi connectivity index (χ4v) is 4.92. The van der Waals surface area contributed by atoms with Gasteiger partial charge in [-0.05, 0) is 59.0 Å². The van der Waals surface area contributed by atoms with Crippen molar-refractivity contribution in [2.24, 2.45) is 0 Å². The highest BCUT2D eigenvalue weighted by atomic mass is 32.2. The van der Waals surface area contributed by atoms with Crippen LogP contribution in [0.4, 0.5) is 4.79 Å². The van der Waals surface area contributed by atoms with Crippen LogP contribution in [0.15, 0.2) is 95.9 Å². The molecule has 0 saturated carbocycles. The fraction of sp³-hybridized carbons (Fsp3) is 0.103. The van der Waals surface area contributed by atoms with Gasteiger partial charge in [-0.1, -0.05) is 72.8 Å². The van der Waals surface area contributed by atoms with E-state index < -0.39 is 0 Å². The van der Waals surface area contributed by atoms with E-state index in [9.17, 15) is 14.7 Å². The van der Waals surface area contributed by atoms with Crippen molar-refractivity contribution in [1.29, 1.82) is 0 Å². The summed E-state index contributed by atoms with van der Waals surface area (Å²) in [5, 5.41) is 12.0. The molecule has 174 valence electrons. The van der Waals surface area contributed by atoms with Crippen molar-refractivity contribution in [3.63, 3.8) is 0 Å².